The van der Waals surface area contributed by atoms with Crippen LogP contribution in [0.1, 0.15) is 31.5 Å². The maximum atomic E-state index is 12.4. The summed E-state index contributed by atoms with van der Waals surface area (Å²) in [6, 6.07) is 0. The Hall–Kier alpha value is -2.19. The zero-order valence-corrected chi connectivity index (χ0v) is 16.3. The molecular formula is C18H23N3O4S. The number of carbonyl (C=O) groups is 2. The number of amides is 1. The van der Waals surface area contributed by atoms with Crippen LogP contribution in [0.5, 0.6) is 0 Å². The molecule has 1 saturated heterocycles. The van der Waals surface area contributed by atoms with Crippen molar-refractivity contribution in [3.05, 3.63) is 26.7 Å². The van der Waals surface area contributed by atoms with E-state index in [1.165, 1.54) is 18.4 Å². The molecule has 7 nitrogen and oxygen atoms in total. The zero-order chi connectivity index (χ0) is 18.8. The molecule has 0 aromatic carbocycles. The van der Waals surface area contributed by atoms with Crippen LogP contribution in [0, 0.1) is 20.8 Å². The maximum Gasteiger partial charge on any atom is 0.339 e. The number of hydrogen-bond donors (Lipinski definition) is 1. The van der Waals surface area contributed by atoms with Crippen molar-refractivity contribution in [2.75, 3.05) is 33.4 Å². The molecule has 0 radical (unpaired) electrons. The predicted octanol–water partition coefficient (Wildman–Crippen LogP) is 2.25. The van der Waals surface area contributed by atoms with Gasteiger partial charge in [0.1, 0.15) is 10.7 Å². The van der Waals surface area contributed by atoms with Crippen LogP contribution in [-0.4, -0.2) is 60.2 Å². The first-order chi connectivity index (χ1) is 12.4. The van der Waals surface area contributed by atoms with Crippen molar-refractivity contribution >= 4 is 23.2 Å². The molecule has 2 aromatic heterocycles. The van der Waals surface area contributed by atoms with E-state index in [1.54, 1.807) is 0 Å². The molecule has 3 heterocycles. The number of aryl methyl sites for hydroxylation is 2. The van der Waals surface area contributed by atoms with E-state index in [0.717, 1.165) is 32.5 Å². The molecule has 0 saturated carbocycles. The number of carbonyl (C=O) groups excluding carboxylic acids is 2. The van der Waals surface area contributed by atoms with Gasteiger partial charge in [0.05, 0.1) is 38.0 Å². The highest BCUT2D eigenvalue weighted by Gasteiger charge is 2.24. The molecule has 2 aromatic rings. The van der Waals surface area contributed by atoms with Gasteiger partial charge in [-0.05, 0) is 26.3 Å². The summed E-state index contributed by atoms with van der Waals surface area (Å²) in [4.78, 5) is 35.2. The van der Waals surface area contributed by atoms with Gasteiger partial charge in [0.25, 0.3) is 0 Å². The first-order valence-corrected chi connectivity index (χ1v) is 9.33. The summed E-state index contributed by atoms with van der Waals surface area (Å²) in [5, 5.41) is 0.778. The van der Waals surface area contributed by atoms with E-state index in [9.17, 15) is 9.59 Å². The van der Waals surface area contributed by atoms with Crippen molar-refractivity contribution in [1.29, 1.82) is 0 Å². The molecule has 1 aliphatic rings. The fourth-order valence-corrected chi connectivity index (χ4v) is 4.14. The minimum Gasteiger partial charge on any atom is -0.465 e. The van der Waals surface area contributed by atoms with Crippen LogP contribution in [0.2, 0.25) is 0 Å². The van der Waals surface area contributed by atoms with Crippen molar-refractivity contribution in [2.45, 2.75) is 27.2 Å². The molecule has 3 rings (SSSR count). The van der Waals surface area contributed by atoms with Crippen LogP contribution in [0.4, 0.5) is 0 Å². The molecule has 8 heteroatoms. The highest BCUT2D eigenvalue weighted by molar-refractivity contribution is 7.12. The van der Waals surface area contributed by atoms with E-state index < -0.39 is 0 Å². The Morgan fingerprint density at radius 2 is 1.96 bits per heavy atom. The Labute approximate surface area is 156 Å². The van der Waals surface area contributed by atoms with Crippen LogP contribution < -0.4 is 0 Å². The van der Waals surface area contributed by atoms with Crippen LogP contribution in [0.3, 0.4) is 0 Å². The van der Waals surface area contributed by atoms with Crippen molar-refractivity contribution in [1.82, 2.24) is 14.9 Å². The first kappa shape index (κ1) is 18.6. The molecule has 0 unspecified atom stereocenters. The number of esters is 1. The van der Waals surface area contributed by atoms with Crippen molar-refractivity contribution in [3.63, 3.8) is 0 Å². The van der Waals surface area contributed by atoms with Gasteiger partial charge >= 0.3 is 5.97 Å². The van der Waals surface area contributed by atoms with Crippen molar-refractivity contribution in [3.8, 4) is 11.4 Å². The standard InChI is InChI=1S/C18H23N3O4S/c1-10-15(18(23)24-4)11(2)19-16(10)17-12(3)26-13(20-17)9-14(22)21-5-7-25-8-6-21/h19H,5-9H2,1-4H3. The largest absolute Gasteiger partial charge is 0.465 e. The van der Waals surface area contributed by atoms with E-state index >= 15 is 0 Å². The maximum absolute atomic E-state index is 12.4. The molecule has 0 spiro atoms. The fraction of sp³-hybridized carbons (Fsp3) is 0.500. The summed E-state index contributed by atoms with van der Waals surface area (Å²) in [5.41, 5.74) is 3.70. The lowest BCUT2D eigenvalue weighted by Crippen LogP contribution is -2.41. The third-order valence-electron chi connectivity index (χ3n) is 4.57. The van der Waals surface area contributed by atoms with E-state index in [2.05, 4.69) is 9.97 Å². The van der Waals surface area contributed by atoms with Gasteiger partial charge in [-0.2, -0.15) is 0 Å². The number of H-pyrrole nitrogens is 1. The average Bonchev–Trinajstić information content (AvgIpc) is 3.13. The number of hydrogen-bond acceptors (Lipinski definition) is 6. The summed E-state index contributed by atoms with van der Waals surface area (Å²) < 4.78 is 10.2. The topological polar surface area (TPSA) is 84.5 Å². The quantitative estimate of drug-likeness (QED) is 0.826. The molecular weight excluding hydrogens is 354 g/mol. The number of aromatic amines is 1. The first-order valence-electron chi connectivity index (χ1n) is 8.52. The Bertz CT molecular complexity index is 834. The number of nitrogens with one attached hydrogen (secondary N) is 1. The average molecular weight is 377 g/mol. The summed E-state index contributed by atoms with van der Waals surface area (Å²) in [6.45, 7) is 8.14. The minimum atomic E-state index is -0.363. The number of morpholine rings is 1. The fourth-order valence-electron chi connectivity index (χ4n) is 3.21. The second-order valence-corrected chi connectivity index (χ2v) is 7.59. The Morgan fingerprint density at radius 1 is 1.27 bits per heavy atom. The summed E-state index contributed by atoms with van der Waals surface area (Å²) in [5.74, 6) is -0.290. The van der Waals surface area contributed by atoms with Crippen LogP contribution >= 0.6 is 11.3 Å². The smallest absolute Gasteiger partial charge is 0.339 e. The van der Waals surface area contributed by atoms with E-state index in [4.69, 9.17) is 9.47 Å². The second kappa shape index (κ2) is 7.59. The molecule has 0 bridgehead atoms. The third-order valence-corrected chi connectivity index (χ3v) is 5.54. The lowest BCUT2D eigenvalue weighted by atomic mass is 10.1. The Balaban J connectivity index is 1.85. The molecule has 26 heavy (non-hydrogen) atoms. The van der Waals surface area contributed by atoms with Crippen molar-refractivity contribution in [2.24, 2.45) is 0 Å². The molecule has 1 aliphatic heterocycles. The van der Waals surface area contributed by atoms with Gasteiger partial charge in [-0.25, -0.2) is 9.78 Å². The van der Waals surface area contributed by atoms with Gasteiger partial charge < -0.3 is 19.4 Å². The van der Waals surface area contributed by atoms with Gasteiger partial charge in [0.15, 0.2) is 0 Å². The Morgan fingerprint density at radius 3 is 2.62 bits per heavy atom. The zero-order valence-electron chi connectivity index (χ0n) is 15.5. The lowest BCUT2D eigenvalue weighted by molar-refractivity contribution is -0.134. The van der Waals surface area contributed by atoms with Crippen molar-refractivity contribution < 1.29 is 19.1 Å². The van der Waals surface area contributed by atoms with E-state index in [1.807, 2.05) is 25.7 Å². The molecule has 1 fully saturated rings. The number of methoxy groups -OCH3 is 1. The number of nitrogens with zero attached hydrogens (tertiary/aromatic N) is 2. The molecule has 0 atom stereocenters. The predicted molar refractivity (Wildman–Crippen MR) is 98.6 cm³/mol. The number of aromatic nitrogens is 2. The molecule has 140 valence electrons. The van der Waals surface area contributed by atoms with Crippen LogP contribution in [0.25, 0.3) is 11.4 Å². The van der Waals surface area contributed by atoms with Gasteiger partial charge in [-0.15, -0.1) is 11.3 Å². The van der Waals surface area contributed by atoms with E-state index in [0.29, 0.717) is 31.9 Å². The molecule has 1 amide bonds. The summed E-state index contributed by atoms with van der Waals surface area (Å²) in [6.07, 6.45) is 0.286. The molecule has 1 N–H and O–H groups in total. The summed E-state index contributed by atoms with van der Waals surface area (Å²) in [7, 11) is 1.37. The SMILES string of the molecule is COC(=O)c1c(C)[nH]c(-c2nc(CC(=O)N3CCOCC3)sc2C)c1C. The van der Waals surface area contributed by atoms with Gasteiger partial charge in [0.2, 0.25) is 5.91 Å². The van der Waals surface area contributed by atoms with Crippen LogP contribution in [0.15, 0.2) is 0 Å². The third kappa shape index (κ3) is 3.52. The summed E-state index contributed by atoms with van der Waals surface area (Å²) >= 11 is 1.51. The highest BCUT2D eigenvalue weighted by Crippen LogP contribution is 2.32. The number of ether oxygens (including phenoxy) is 2. The lowest BCUT2D eigenvalue weighted by Gasteiger charge is -2.26. The van der Waals surface area contributed by atoms with Gasteiger partial charge in [-0.1, -0.05) is 0 Å². The Kier molecular flexibility index (Phi) is 5.43. The number of rotatable bonds is 4. The van der Waals surface area contributed by atoms with Gasteiger partial charge in [0, 0.05) is 23.7 Å². The minimum absolute atomic E-state index is 0.0724. The highest BCUT2D eigenvalue weighted by atomic mass is 32.1. The number of thiazole rings is 1. The van der Waals surface area contributed by atoms with Crippen LogP contribution in [-0.2, 0) is 20.7 Å². The van der Waals surface area contributed by atoms with Gasteiger partial charge in [-0.3, -0.25) is 4.79 Å². The normalized spacial score (nSPS) is 14.5. The monoisotopic (exact) mass is 377 g/mol. The second-order valence-electron chi connectivity index (χ2n) is 6.30. The van der Waals surface area contributed by atoms with E-state index in [-0.39, 0.29) is 18.3 Å². The molecule has 0 aliphatic carbocycles.